The number of fused-ring (bicyclic) bond motifs is 1. The molecule has 0 bridgehead atoms. The second-order valence-electron chi connectivity index (χ2n) is 8.33. The predicted molar refractivity (Wildman–Crippen MR) is 144 cm³/mol. The lowest BCUT2D eigenvalue weighted by Crippen LogP contribution is -2.38. The predicted octanol–water partition coefficient (Wildman–Crippen LogP) is 4.71. The fourth-order valence-electron chi connectivity index (χ4n) is 4.21. The zero-order chi connectivity index (χ0) is 26.4. The molecule has 2 aromatic rings. The molecule has 192 valence electrons. The third-order valence-corrected chi connectivity index (χ3v) is 6.85. The number of carbonyl (C=O) groups is 2. The number of amidine groups is 1. The lowest BCUT2D eigenvalue weighted by molar-refractivity contribution is -0.138. The molecule has 1 atom stereocenters. The van der Waals surface area contributed by atoms with Gasteiger partial charge in [-0.05, 0) is 36.1 Å². The van der Waals surface area contributed by atoms with Crippen molar-refractivity contribution in [3.63, 3.8) is 0 Å². The number of nitrogens with one attached hydrogen (secondary N) is 1. The SMILES string of the molecule is C=CCOC(=O)C1=C(C)N=C2SC=C(CC(=O)NCc3ccccc3)N2C1c1cc(OC)ccc1OC. The van der Waals surface area contributed by atoms with Crippen LogP contribution in [0.4, 0.5) is 0 Å². The molecule has 2 heterocycles. The van der Waals surface area contributed by atoms with Gasteiger partial charge in [0, 0.05) is 17.8 Å². The van der Waals surface area contributed by atoms with Crippen LogP contribution in [0.2, 0.25) is 0 Å². The molecule has 8 nitrogen and oxygen atoms in total. The molecule has 0 fully saturated rings. The van der Waals surface area contributed by atoms with Crippen LogP contribution in [0, 0.1) is 0 Å². The fourth-order valence-corrected chi connectivity index (χ4v) is 5.18. The summed E-state index contributed by atoms with van der Waals surface area (Å²) in [6.45, 7) is 5.90. The molecule has 0 saturated carbocycles. The first-order valence-corrected chi connectivity index (χ1v) is 12.6. The summed E-state index contributed by atoms with van der Waals surface area (Å²) < 4.78 is 16.6. The summed E-state index contributed by atoms with van der Waals surface area (Å²) in [6, 6.07) is 14.5. The quantitative estimate of drug-likeness (QED) is 0.359. The lowest BCUT2D eigenvalue weighted by Gasteiger charge is -2.36. The molecular weight excluding hydrogens is 490 g/mol. The Balaban J connectivity index is 1.69. The van der Waals surface area contributed by atoms with Gasteiger partial charge in [-0.15, -0.1) is 0 Å². The number of allylic oxidation sites excluding steroid dienone is 1. The fraction of sp³-hybridized carbons (Fsp3) is 0.250. The van der Waals surface area contributed by atoms with Gasteiger partial charge in [0.15, 0.2) is 5.17 Å². The topological polar surface area (TPSA) is 89.5 Å². The number of amides is 1. The van der Waals surface area contributed by atoms with Crippen LogP contribution in [-0.4, -0.2) is 42.8 Å². The van der Waals surface area contributed by atoms with Crippen molar-refractivity contribution in [3.05, 3.63) is 94.7 Å². The zero-order valence-corrected chi connectivity index (χ0v) is 21.8. The molecule has 1 unspecified atom stereocenters. The van der Waals surface area contributed by atoms with Gasteiger partial charge in [-0.1, -0.05) is 54.7 Å². The normalized spacial score (nSPS) is 16.4. The second-order valence-corrected chi connectivity index (χ2v) is 9.16. The maximum absolute atomic E-state index is 13.3. The summed E-state index contributed by atoms with van der Waals surface area (Å²) in [5, 5.41) is 5.53. The van der Waals surface area contributed by atoms with Crippen LogP contribution in [0.3, 0.4) is 0 Å². The number of carbonyl (C=O) groups excluding carboxylic acids is 2. The minimum atomic E-state index is -0.641. The third kappa shape index (κ3) is 5.72. The van der Waals surface area contributed by atoms with Crippen LogP contribution in [0.15, 0.2) is 88.6 Å². The van der Waals surface area contributed by atoms with E-state index in [0.717, 1.165) is 5.56 Å². The van der Waals surface area contributed by atoms with E-state index in [-0.39, 0.29) is 18.9 Å². The molecule has 0 saturated heterocycles. The molecule has 0 aliphatic carbocycles. The van der Waals surface area contributed by atoms with Gasteiger partial charge in [-0.25, -0.2) is 9.79 Å². The van der Waals surface area contributed by atoms with Crippen LogP contribution < -0.4 is 14.8 Å². The van der Waals surface area contributed by atoms with Gasteiger partial charge in [0.05, 0.1) is 38.0 Å². The Morgan fingerprint density at radius 3 is 2.65 bits per heavy atom. The number of hydrogen-bond donors (Lipinski definition) is 1. The molecular formula is C28H29N3O5S. The first kappa shape index (κ1) is 26.1. The van der Waals surface area contributed by atoms with Crippen LogP contribution >= 0.6 is 11.8 Å². The van der Waals surface area contributed by atoms with E-state index in [1.54, 1.807) is 33.3 Å². The highest BCUT2D eigenvalue weighted by atomic mass is 32.2. The highest BCUT2D eigenvalue weighted by Gasteiger charge is 2.42. The minimum Gasteiger partial charge on any atom is -0.497 e. The Labute approximate surface area is 220 Å². The van der Waals surface area contributed by atoms with Gasteiger partial charge >= 0.3 is 5.97 Å². The highest BCUT2D eigenvalue weighted by molar-refractivity contribution is 8.16. The minimum absolute atomic E-state index is 0.0630. The van der Waals surface area contributed by atoms with Gasteiger partial charge in [0.1, 0.15) is 18.1 Å². The van der Waals surface area contributed by atoms with Crippen molar-refractivity contribution in [2.75, 3.05) is 20.8 Å². The second kappa shape index (κ2) is 11.8. The summed E-state index contributed by atoms with van der Waals surface area (Å²) in [5.41, 5.74) is 3.31. The van der Waals surface area contributed by atoms with Gasteiger partial charge in [0.2, 0.25) is 5.91 Å². The van der Waals surface area contributed by atoms with Crippen molar-refractivity contribution in [2.24, 2.45) is 4.99 Å². The van der Waals surface area contributed by atoms with Gasteiger partial charge < -0.3 is 24.4 Å². The molecule has 2 aliphatic rings. The molecule has 1 amide bonds. The van der Waals surface area contributed by atoms with Crippen LogP contribution in [0.25, 0.3) is 0 Å². The third-order valence-electron chi connectivity index (χ3n) is 5.96. The first-order valence-electron chi connectivity index (χ1n) is 11.7. The molecule has 0 spiro atoms. The summed E-state index contributed by atoms with van der Waals surface area (Å²) in [6.07, 6.45) is 1.62. The largest absolute Gasteiger partial charge is 0.497 e. The smallest absolute Gasteiger partial charge is 0.338 e. The number of methoxy groups -OCH3 is 2. The van der Waals surface area contributed by atoms with Gasteiger partial charge in [0.25, 0.3) is 0 Å². The summed E-state index contributed by atoms with van der Waals surface area (Å²) >= 11 is 1.41. The van der Waals surface area contributed by atoms with Gasteiger partial charge in [-0.2, -0.15) is 0 Å². The molecule has 2 aliphatic heterocycles. The first-order chi connectivity index (χ1) is 18.0. The van der Waals surface area contributed by atoms with Crippen LogP contribution in [-0.2, 0) is 20.9 Å². The number of aliphatic imine (C=N–C) groups is 1. The van der Waals surface area contributed by atoms with Gasteiger partial charge in [-0.3, -0.25) is 4.79 Å². The number of esters is 1. The average molecular weight is 520 g/mol. The lowest BCUT2D eigenvalue weighted by atomic mass is 9.92. The number of benzene rings is 2. The summed E-state index contributed by atoms with van der Waals surface area (Å²) in [7, 11) is 3.15. The van der Waals surface area contributed by atoms with Crippen molar-refractivity contribution < 1.29 is 23.8 Å². The highest BCUT2D eigenvalue weighted by Crippen LogP contribution is 2.47. The number of nitrogens with zero attached hydrogens (tertiary/aromatic N) is 2. The molecule has 1 N–H and O–H groups in total. The maximum atomic E-state index is 13.3. The van der Waals surface area contributed by atoms with E-state index in [2.05, 4.69) is 16.9 Å². The number of ether oxygens (including phenoxy) is 3. The Morgan fingerprint density at radius 1 is 1.16 bits per heavy atom. The van der Waals surface area contributed by atoms with E-state index < -0.39 is 12.0 Å². The Hall–Kier alpha value is -3.98. The van der Waals surface area contributed by atoms with E-state index in [4.69, 9.17) is 14.2 Å². The number of rotatable bonds is 10. The summed E-state index contributed by atoms with van der Waals surface area (Å²) in [5.74, 6) is 0.517. The molecule has 0 aromatic heterocycles. The Bertz CT molecular complexity index is 1290. The van der Waals surface area contributed by atoms with Crippen molar-refractivity contribution in [1.29, 1.82) is 0 Å². The molecule has 4 rings (SSSR count). The van der Waals surface area contributed by atoms with E-state index in [0.29, 0.717) is 45.7 Å². The average Bonchev–Trinajstić information content (AvgIpc) is 3.31. The van der Waals surface area contributed by atoms with Crippen molar-refractivity contribution in [3.8, 4) is 11.5 Å². The Kier molecular flexibility index (Phi) is 8.35. The van der Waals surface area contributed by atoms with E-state index >= 15 is 0 Å². The monoisotopic (exact) mass is 519 g/mol. The van der Waals surface area contributed by atoms with Crippen LogP contribution in [0.1, 0.15) is 30.5 Å². The molecule has 37 heavy (non-hydrogen) atoms. The van der Waals surface area contributed by atoms with Crippen LogP contribution in [0.5, 0.6) is 11.5 Å². The maximum Gasteiger partial charge on any atom is 0.338 e. The molecule has 2 aromatic carbocycles. The zero-order valence-electron chi connectivity index (χ0n) is 21.0. The van der Waals surface area contributed by atoms with E-state index in [1.165, 1.54) is 17.8 Å². The van der Waals surface area contributed by atoms with E-state index in [1.807, 2.05) is 46.7 Å². The molecule has 9 heteroatoms. The van der Waals surface area contributed by atoms with Crippen molar-refractivity contribution in [1.82, 2.24) is 10.2 Å². The number of thioether (sulfide) groups is 1. The number of hydrogen-bond acceptors (Lipinski definition) is 8. The Morgan fingerprint density at radius 2 is 1.95 bits per heavy atom. The summed E-state index contributed by atoms with van der Waals surface area (Å²) in [4.78, 5) is 32.8. The van der Waals surface area contributed by atoms with Crippen molar-refractivity contribution in [2.45, 2.75) is 25.9 Å². The van der Waals surface area contributed by atoms with Crippen molar-refractivity contribution >= 4 is 28.8 Å². The standard InChI is InChI=1S/C28H29N3O5S/c1-5-13-36-27(33)25-18(2)30-28-31(26(25)22-15-21(34-3)11-12-23(22)35-4)20(17-37-28)14-24(32)29-16-19-9-7-6-8-10-19/h5-12,15,17,26H,1,13-14,16H2,2-4H3,(H,29,32). The van der Waals surface area contributed by atoms with E-state index in [9.17, 15) is 9.59 Å². The molecule has 0 radical (unpaired) electrons.